The van der Waals surface area contributed by atoms with Crippen molar-refractivity contribution in [3.8, 4) is 33.4 Å². The molecule has 0 radical (unpaired) electrons. The molecule has 0 spiro atoms. The second-order valence-corrected chi connectivity index (χ2v) is 17.9. The normalized spacial score (nSPS) is 11.3. The molecule has 7 aromatic carbocycles. The molecule has 0 amide bonds. The molecule has 0 heterocycles. The summed E-state index contributed by atoms with van der Waals surface area (Å²) >= 11 is 7.34. The van der Waals surface area contributed by atoms with Crippen LogP contribution in [0.2, 0.25) is 5.02 Å². The van der Waals surface area contributed by atoms with E-state index < -0.39 is 0 Å². The van der Waals surface area contributed by atoms with E-state index in [0.717, 1.165) is 17.9 Å². The summed E-state index contributed by atoms with van der Waals surface area (Å²) in [6.07, 6.45) is 1.97. The van der Waals surface area contributed by atoms with Crippen molar-refractivity contribution in [2.75, 3.05) is 0 Å². The first kappa shape index (κ1) is 45.0. The molecule has 0 atom stereocenters. The molecule has 0 saturated heterocycles. The quantitative estimate of drug-likeness (QED) is 0.154. The zero-order chi connectivity index (χ0) is 38.3. The van der Waals surface area contributed by atoms with Crippen LogP contribution in [0.1, 0.15) is 74.9 Å². The third-order valence-electron chi connectivity index (χ3n) is 9.80. The van der Waals surface area contributed by atoms with Gasteiger partial charge in [0.15, 0.2) is 0 Å². The summed E-state index contributed by atoms with van der Waals surface area (Å²) in [5.74, 6) is 0. The smallest absolute Gasteiger partial charge is 0.172 e. The van der Waals surface area contributed by atoms with E-state index in [2.05, 4.69) is 169 Å². The van der Waals surface area contributed by atoms with Gasteiger partial charge in [0.25, 0.3) is 0 Å². The summed E-state index contributed by atoms with van der Waals surface area (Å²) < 4.78 is 1.45. The van der Waals surface area contributed by atoms with Gasteiger partial charge in [0.1, 0.15) is 0 Å². The van der Waals surface area contributed by atoms with Gasteiger partial charge in [0.05, 0.1) is 0 Å². The van der Waals surface area contributed by atoms with E-state index in [1.54, 1.807) is 0 Å². The molecule has 4 heteroatoms. The van der Waals surface area contributed by atoms with Crippen LogP contribution in [0.25, 0.3) is 33.4 Å². The van der Waals surface area contributed by atoms with Crippen LogP contribution < -0.4 is 24.8 Å². The van der Waals surface area contributed by atoms with Crippen LogP contribution in [-0.4, -0.2) is 3.21 Å². The fourth-order valence-corrected chi connectivity index (χ4v) is 8.01. The first-order chi connectivity index (χ1) is 25.9. The molecule has 0 saturated carbocycles. The number of fused-ring (bicyclic) bond motifs is 3. The maximum Gasteiger partial charge on any atom is -0.172 e. The van der Waals surface area contributed by atoms with Crippen molar-refractivity contribution in [1.82, 2.24) is 0 Å². The predicted octanol–water partition coefficient (Wildman–Crippen LogP) is 8.05. The van der Waals surface area contributed by atoms with Crippen LogP contribution in [-0.2, 0) is 47.9 Å². The van der Waals surface area contributed by atoms with Gasteiger partial charge < -0.3 is 24.8 Å². The molecule has 0 aliphatic heterocycles. The molecule has 0 nitrogen and oxygen atoms in total. The molecular weight excluding hydrogens is 822 g/mol. The largest absolute Gasteiger partial charge is 1.00 e. The van der Waals surface area contributed by atoms with Crippen LogP contribution in [0.4, 0.5) is 0 Å². The Labute approximate surface area is 367 Å². The van der Waals surface area contributed by atoms with Gasteiger partial charge in [-0.2, -0.15) is 18.2 Å². The van der Waals surface area contributed by atoms with Crippen molar-refractivity contribution in [2.45, 2.75) is 65.2 Å². The minimum absolute atomic E-state index is 0. The molecule has 0 fully saturated rings. The maximum absolute atomic E-state index is 5.87. The van der Waals surface area contributed by atoms with Crippen molar-refractivity contribution in [1.29, 1.82) is 0 Å². The molecule has 1 aliphatic carbocycles. The van der Waals surface area contributed by atoms with E-state index in [9.17, 15) is 0 Å². The summed E-state index contributed by atoms with van der Waals surface area (Å²) in [6.45, 7) is 13.9. The van der Waals surface area contributed by atoms with Crippen molar-refractivity contribution < 1.29 is 49.0 Å². The van der Waals surface area contributed by atoms with Gasteiger partial charge in [-0.15, -0.1) is 28.8 Å². The fourth-order valence-electron chi connectivity index (χ4n) is 6.98. The second kappa shape index (κ2) is 20.1. The summed E-state index contributed by atoms with van der Waals surface area (Å²) in [4.78, 5) is 0. The standard InChI is InChI=1S/C33H33.C14H11Cl.C5H5.2ClH.Zr/c1-32(2,3)30-20-26-24(18-28(30)22-13-9-7-10-14-22)17-25-19-29(23-15-11-8-12-16-23)31(21-27(25)26)33(4,5)6;15-14-10-8-13(9-11-14)7-6-12-4-2-1-3-5-12;1-2-4-5-3-1;;;/h7-16,18,20-21H,17H2,1-6H3;1-5,8-11H,6H2;1-5H;2*1H;/q-1;;-1;;;+2/p-2. The van der Waals surface area contributed by atoms with Crippen LogP contribution in [0, 0.1) is 6.07 Å². The predicted molar refractivity (Wildman–Crippen MR) is 230 cm³/mol. The average molecular weight is 872 g/mol. The zero-order valence-electron chi connectivity index (χ0n) is 33.1. The van der Waals surface area contributed by atoms with Crippen LogP contribution in [0.15, 0.2) is 164 Å². The van der Waals surface area contributed by atoms with Crippen molar-refractivity contribution in [3.05, 3.63) is 208 Å². The van der Waals surface area contributed by atoms with Crippen LogP contribution in [0.5, 0.6) is 0 Å². The Morgan fingerprint density at radius 1 is 0.607 bits per heavy atom. The molecular formula is C52H49Cl3Zr-2. The topological polar surface area (TPSA) is 0 Å². The van der Waals surface area contributed by atoms with E-state index in [0.29, 0.717) is 0 Å². The molecule has 7 aromatic rings. The summed E-state index contributed by atoms with van der Waals surface area (Å²) in [6, 6.07) is 61.5. The molecule has 56 heavy (non-hydrogen) atoms. The second-order valence-electron chi connectivity index (χ2n) is 16.0. The minimum Gasteiger partial charge on any atom is -1.00 e. The van der Waals surface area contributed by atoms with Gasteiger partial charge in [0.2, 0.25) is 0 Å². The summed E-state index contributed by atoms with van der Waals surface area (Å²) in [7, 11) is 0. The van der Waals surface area contributed by atoms with E-state index in [-0.39, 0.29) is 35.6 Å². The van der Waals surface area contributed by atoms with Crippen molar-refractivity contribution in [3.63, 3.8) is 0 Å². The Bertz CT molecular complexity index is 2160. The number of hydrogen-bond donors (Lipinski definition) is 0. The monoisotopic (exact) mass is 868 g/mol. The summed E-state index contributed by atoms with van der Waals surface area (Å²) in [5.41, 5.74) is 16.2. The first-order valence-corrected chi connectivity index (χ1v) is 20.4. The SMILES string of the molecule is CC(C)(C)c1cc2c([c-]c1-c1ccccc1)Cc1cc(-c3ccccc3)c(C(C)(C)C)cc1-2.Clc1ccc([C](=[Zr+2])Cc2ccccc2)cc1.[Cl-].[Cl-].c1cc[cH-]c1. The molecule has 1 aliphatic rings. The Kier molecular flexibility index (Phi) is 16.2. The minimum atomic E-state index is 0. The average Bonchev–Trinajstić information content (AvgIpc) is 3.87. The van der Waals surface area contributed by atoms with Gasteiger partial charge in [-0.3, -0.25) is 0 Å². The summed E-state index contributed by atoms with van der Waals surface area (Å²) in [5, 5.41) is 0.798. The van der Waals surface area contributed by atoms with E-state index in [1.807, 2.05) is 42.5 Å². The van der Waals surface area contributed by atoms with Gasteiger partial charge >= 0.3 is 116 Å². The number of hydrogen-bond acceptors (Lipinski definition) is 0. The van der Waals surface area contributed by atoms with Gasteiger partial charge in [-0.05, 0) is 39.5 Å². The molecule has 284 valence electrons. The number of benzene rings is 6. The molecule has 0 bridgehead atoms. The van der Waals surface area contributed by atoms with Gasteiger partial charge in [-0.1, -0.05) is 131 Å². The van der Waals surface area contributed by atoms with E-state index >= 15 is 0 Å². The molecule has 8 rings (SSSR count). The zero-order valence-corrected chi connectivity index (χ0v) is 37.9. The molecule has 0 unspecified atom stereocenters. The Hall–Kier alpha value is -3.71. The number of halogens is 3. The van der Waals surface area contributed by atoms with Crippen LogP contribution in [0.3, 0.4) is 0 Å². The molecule has 0 aromatic heterocycles. The maximum atomic E-state index is 5.87. The Balaban J connectivity index is 0.000000252. The van der Waals surface area contributed by atoms with E-state index in [4.69, 9.17) is 11.6 Å². The van der Waals surface area contributed by atoms with Crippen molar-refractivity contribution in [2.24, 2.45) is 0 Å². The third-order valence-corrected chi connectivity index (χ3v) is 11.2. The van der Waals surface area contributed by atoms with Crippen LogP contribution >= 0.6 is 11.6 Å². The molecule has 0 N–H and O–H groups in total. The third kappa shape index (κ3) is 11.5. The fraction of sp³-hybridized carbons (Fsp3) is 0.192. The number of rotatable bonds is 5. The van der Waals surface area contributed by atoms with Gasteiger partial charge in [-0.25, -0.2) is 12.1 Å². The Morgan fingerprint density at radius 2 is 1.12 bits per heavy atom. The Morgan fingerprint density at radius 3 is 1.64 bits per heavy atom. The van der Waals surface area contributed by atoms with Crippen molar-refractivity contribution >= 4 is 14.8 Å². The van der Waals surface area contributed by atoms with Gasteiger partial charge in [0, 0.05) is 0 Å². The van der Waals surface area contributed by atoms with E-state index in [1.165, 1.54) is 94.2 Å². The first-order valence-electron chi connectivity index (χ1n) is 18.8.